The number of benzene rings is 1. The first-order chi connectivity index (χ1) is 8.22. The number of aromatic nitrogens is 1. The standard InChI is InChI=1S/C12H12N2O3/c1-2-16-12-9(10(13)15)14-11(17-12)8-6-4-3-5-7-8/h3-7H,2H2,1H3,(H2,13,15). The molecule has 17 heavy (non-hydrogen) atoms. The van der Waals surface area contributed by atoms with Crippen LogP contribution in [0.2, 0.25) is 0 Å². The van der Waals surface area contributed by atoms with E-state index in [9.17, 15) is 4.79 Å². The van der Waals surface area contributed by atoms with Crippen molar-refractivity contribution >= 4 is 5.91 Å². The van der Waals surface area contributed by atoms with Gasteiger partial charge in [-0.3, -0.25) is 4.79 Å². The quantitative estimate of drug-likeness (QED) is 0.872. The number of primary amides is 1. The van der Waals surface area contributed by atoms with Gasteiger partial charge in [0.2, 0.25) is 11.6 Å². The third-order valence-electron chi connectivity index (χ3n) is 2.13. The van der Waals surface area contributed by atoms with Gasteiger partial charge < -0.3 is 14.9 Å². The van der Waals surface area contributed by atoms with Crippen LogP contribution in [0.3, 0.4) is 0 Å². The van der Waals surface area contributed by atoms with Crippen LogP contribution in [0.15, 0.2) is 34.7 Å². The van der Waals surface area contributed by atoms with Crippen molar-refractivity contribution in [2.24, 2.45) is 5.73 Å². The van der Waals surface area contributed by atoms with Gasteiger partial charge in [0.15, 0.2) is 0 Å². The smallest absolute Gasteiger partial charge is 0.319 e. The molecule has 0 saturated carbocycles. The summed E-state index contributed by atoms with van der Waals surface area (Å²) >= 11 is 0. The molecule has 1 aromatic heterocycles. The maximum Gasteiger partial charge on any atom is 0.319 e. The van der Waals surface area contributed by atoms with E-state index in [-0.39, 0.29) is 11.6 Å². The van der Waals surface area contributed by atoms with Crippen molar-refractivity contribution < 1.29 is 13.9 Å². The van der Waals surface area contributed by atoms with Crippen molar-refractivity contribution in [1.82, 2.24) is 4.98 Å². The fourth-order valence-corrected chi connectivity index (χ4v) is 1.39. The van der Waals surface area contributed by atoms with Crippen molar-refractivity contribution in [3.8, 4) is 17.4 Å². The molecule has 0 aliphatic heterocycles. The van der Waals surface area contributed by atoms with Gasteiger partial charge in [0.1, 0.15) is 0 Å². The molecule has 0 radical (unpaired) electrons. The second-order valence-corrected chi connectivity index (χ2v) is 3.32. The SMILES string of the molecule is CCOc1oc(-c2ccccc2)nc1C(N)=O. The van der Waals surface area contributed by atoms with Gasteiger partial charge in [-0.05, 0) is 19.1 Å². The Morgan fingerprint density at radius 3 is 2.71 bits per heavy atom. The lowest BCUT2D eigenvalue weighted by atomic mass is 10.2. The van der Waals surface area contributed by atoms with E-state index in [0.717, 1.165) is 5.56 Å². The number of hydrogen-bond donors (Lipinski definition) is 1. The van der Waals surface area contributed by atoms with Crippen molar-refractivity contribution in [3.05, 3.63) is 36.0 Å². The molecule has 0 saturated heterocycles. The van der Waals surface area contributed by atoms with E-state index in [2.05, 4.69) is 4.98 Å². The van der Waals surface area contributed by atoms with Gasteiger partial charge >= 0.3 is 5.95 Å². The highest BCUT2D eigenvalue weighted by atomic mass is 16.6. The molecule has 2 N–H and O–H groups in total. The van der Waals surface area contributed by atoms with Crippen LogP contribution in [0.5, 0.6) is 5.95 Å². The zero-order valence-electron chi connectivity index (χ0n) is 9.34. The molecule has 0 spiro atoms. The Labute approximate surface area is 98.2 Å². The molecule has 0 aliphatic carbocycles. The molecule has 5 heteroatoms. The summed E-state index contributed by atoms with van der Waals surface area (Å²) in [6.07, 6.45) is 0. The normalized spacial score (nSPS) is 10.2. The van der Waals surface area contributed by atoms with Crippen LogP contribution in [-0.2, 0) is 0 Å². The van der Waals surface area contributed by atoms with E-state index in [1.807, 2.05) is 30.3 Å². The molecule has 0 aliphatic rings. The molecule has 88 valence electrons. The van der Waals surface area contributed by atoms with Gasteiger partial charge in [-0.25, -0.2) is 0 Å². The highest BCUT2D eigenvalue weighted by molar-refractivity contribution is 5.93. The van der Waals surface area contributed by atoms with Crippen LogP contribution in [-0.4, -0.2) is 17.5 Å². The topological polar surface area (TPSA) is 78.3 Å². The first-order valence-corrected chi connectivity index (χ1v) is 5.21. The van der Waals surface area contributed by atoms with E-state index in [4.69, 9.17) is 14.9 Å². The number of ether oxygens (including phenoxy) is 1. The number of carbonyl (C=O) groups is 1. The fraction of sp³-hybridized carbons (Fsp3) is 0.167. The Hall–Kier alpha value is -2.30. The number of rotatable bonds is 4. The number of hydrogen-bond acceptors (Lipinski definition) is 4. The Bertz CT molecular complexity index is 520. The molecule has 2 aromatic rings. The molecule has 0 fully saturated rings. The van der Waals surface area contributed by atoms with E-state index in [0.29, 0.717) is 12.5 Å². The molecule has 1 amide bonds. The summed E-state index contributed by atoms with van der Waals surface area (Å²) in [5, 5.41) is 0. The Kier molecular flexibility index (Phi) is 3.09. The lowest BCUT2D eigenvalue weighted by Gasteiger charge is -1.97. The van der Waals surface area contributed by atoms with Gasteiger partial charge in [-0.2, -0.15) is 4.98 Å². The highest BCUT2D eigenvalue weighted by Crippen LogP contribution is 2.26. The summed E-state index contributed by atoms with van der Waals surface area (Å²) in [5.74, 6) is -0.277. The van der Waals surface area contributed by atoms with Gasteiger partial charge in [-0.1, -0.05) is 18.2 Å². The minimum absolute atomic E-state index is 0.0192. The van der Waals surface area contributed by atoms with Gasteiger partial charge in [0.05, 0.1) is 6.61 Å². The number of amides is 1. The largest absolute Gasteiger partial charge is 0.464 e. The summed E-state index contributed by atoms with van der Waals surface area (Å²) in [4.78, 5) is 15.2. The summed E-state index contributed by atoms with van der Waals surface area (Å²) in [6, 6.07) is 9.23. The predicted molar refractivity (Wildman–Crippen MR) is 61.6 cm³/mol. The molecular weight excluding hydrogens is 220 g/mol. The molecule has 2 rings (SSSR count). The Morgan fingerprint density at radius 2 is 2.12 bits per heavy atom. The maximum atomic E-state index is 11.2. The average Bonchev–Trinajstić information content (AvgIpc) is 2.75. The molecule has 0 bridgehead atoms. The van der Waals surface area contributed by atoms with Gasteiger partial charge in [0, 0.05) is 5.56 Å². The Balaban J connectivity index is 2.44. The molecule has 0 unspecified atom stereocenters. The number of carbonyl (C=O) groups excluding carboxylic acids is 1. The predicted octanol–water partition coefficient (Wildman–Crippen LogP) is 1.84. The zero-order valence-corrected chi connectivity index (χ0v) is 9.34. The van der Waals surface area contributed by atoms with Crippen molar-refractivity contribution in [3.63, 3.8) is 0 Å². The Morgan fingerprint density at radius 1 is 1.41 bits per heavy atom. The lowest BCUT2D eigenvalue weighted by Crippen LogP contribution is -2.13. The highest BCUT2D eigenvalue weighted by Gasteiger charge is 2.19. The van der Waals surface area contributed by atoms with Crippen LogP contribution in [0.25, 0.3) is 11.5 Å². The summed E-state index contributed by atoms with van der Waals surface area (Å²) in [5.41, 5.74) is 5.98. The van der Waals surface area contributed by atoms with Crippen molar-refractivity contribution in [2.45, 2.75) is 6.92 Å². The second-order valence-electron chi connectivity index (χ2n) is 3.32. The van der Waals surface area contributed by atoms with Crippen LogP contribution in [0.4, 0.5) is 0 Å². The van der Waals surface area contributed by atoms with Crippen LogP contribution in [0.1, 0.15) is 17.4 Å². The summed E-state index contributed by atoms with van der Waals surface area (Å²) in [7, 11) is 0. The van der Waals surface area contributed by atoms with Crippen molar-refractivity contribution in [2.75, 3.05) is 6.61 Å². The molecular formula is C12H12N2O3. The van der Waals surface area contributed by atoms with Gasteiger partial charge in [-0.15, -0.1) is 0 Å². The average molecular weight is 232 g/mol. The van der Waals surface area contributed by atoms with E-state index in [1.54, 1.807) is 6.92 Å². The maximum absolute atomic E-state index is 11.2. The lowest BCUT2D eigenvalue weighted by molar-refractivity contribution is 0.0989. The van der Waals surface area contributed by atoms with E-state index in [1.165, 1.54) is 0 Å². The van der Waals surface area contributed by atoms with Crippen molar-refractivity contribution in [1.29, 1.82) is 0 Å². The fourth-order valence-electron chi connectivity index (χ4n) is 1.39. The van der Waals surface area contributed by atoms with Crippen LogP contribution >= 0.6 is 0 Å². The van der Waals surface area contributed by atoms with Crippen LogP contribution in [0, 0.1) is 0 Å². The molecule has 0 atom stereocenters. The number of oxazole rings is 1. The monoisotopic (exact) mass is 232 g/mol. The first-order valence-electron chi connectivity index (χ1n) is 5.21. The third kappa shape index (κ3) is 2.28. The molecule has 1 heterocycles. The molecule has 5 nitrogen and oxygen atoms in total. The second kappa shape index (κ2) is 4.69. The summed E-state index contributed by atoms with van der Waals surface area (Å²) < 4.78 is 10.5. The zero-order chi connectivity index (χ0) is 12.3. The number of nitrogens with zero attached hydrogens (tertiary/aromatic N) is 1. The van der Waals surface area contributed by atoms with E-state index < -0.39 is 5.91 Å². The minimum Gasteiger partial charge on any atom is -0.464 e. The number of nitrogens with two attached hydrogens (primary N) is 1. The summed E-state index contributed by atoms with van der Waals surface area (Å²) in [6.45, 7) is 2.17. The van der Waals surface area contributed by atoms with Gasteiger partial charge in [0.25, 0.3) is 5.91 Å². The van der Waals surface area contributed by atoms with E-state index >= 15 is 0 Å². The third-order valence-corrected chi connectivity index (χ3v) is 2.13. The van der Waals surface area contributed by atoms with Crippen LogP contribution < -0.4 is 10.5 Å². The minimum atomic E-state index is -0.667. The first kappa shape index (κ1) is 11.2. The molecule has 1 aromatic carbocycles.